The van der Waals surface area contributed by atoms with Gasteiger partial charge in [-0.25, -0.2) is 33.0 Å². The quantitative estimate of drug-likeness (QED) is 0.0419. The van der Waals surface area contributed by atoms with Crippen molar-refractivity contribution in [3.8, 4) is 0 Å². The molecule has 2 saturated heterocycles. The molecule has 7 rings (SSSR count). The molecule has 2 aromatic heterocycles. The van der Waals surface area contributed by atoms with Gasteiger partial charge in [-0.1, -0.05) is 85.4 Å². The lowest BCUT2D eigenvalue weighted by molar-refractivity contribution is -0.152. The fourth-order valence-electron chi connectivity index (χ4n) is 6.05. The zero-order valence-electron chi connectivity index (χ0n) is 29.1. The summed E-state index contributed by atoms with van der Waals surface area (Å²) in [6, 6.07) is 20.8. The normalized spacial score (nSPS) is 25.3. The zero-order valence-corrected chi connectivity index (χ0v) is 33.5. The number of nitrogens with zero attached hydrogens (tertiary/aromatic N) is 4. The van der Waals surface area contributed by atoms with Crippen molar-refractivity contribution in [1.82, 2.24) is 19.5 Å². The van der Waals surface area contributed by atoms with E-state index in [1.165, 1.54) is 42.4 Å². The lowest BCUT2D eigenvalue weighted by Gasteiger charge is -2.23. The van der Waals surface area contributed by atoms with Crippen LogP contribution in [0.1, 0.15) is 37.0 Å². The Morgan fingerprint density at radius 2 is 1.50 bits per heavy atom. The highest BCUT2D eigenvalue weighted by Gasteiger charge is 2.55. The molecule has 2 aliphatic rings. The Hall–Kier alpha value is -2.90. The molecule has 0 saturated carbocycles. The van der Waals surface area contributed by atoms with E-state index < -0.39 is 74.7 Å². The maximum atomic E-state index is 13.0. The summed E-state index contributed by atoms with van der Waals surface area (Å²) >= 11 is 1.39. The lowest BCUT2D eigenvalue weighted by atomic mass is 10.1. The molecule has 9 atom stereocenters. The summed E-state index contributed by atoms with van der Waals surface area (Å²) < 4.78 is 88.5. The molecule has 0 spiro atoms. The third kappa shape index (κ3) is 9.68. The van der Waals surface area contributed by atoms with Gasteiger partial charge in [-0.2, -0.15) is 8.62 Å². The molecular weight excluding hydrogens is 838 g/mol. The van der Waals surface area contributed by atoms with E-state index in [0.717, 1.165) is 22.9 Å². The van der Waals surface area contributed by atoms with E-state index in [1.807, 2.05) is 49.4 Å². The van der Waals surface area contributed by atoms with Crippen molar-refractivity contribution in [2.75, 3.05) is 18.1 Å². The van der Waals surface area contributed by atoms with E-state index in [-0.39, 0.29) is 16.9 Å². The molecule has 0 bridgehead atoms. The van der Waals surface area contributed by atoms with E-state index in [4.69, 9.17) is 24.5 Å². The number of anilines is 1. The average molecular weight is 874 g/mol. The summed E-state index contributed by atoms with van der Waals surface area (Å²) in [4.78, 5) is 53.9. The number of phosphoric acid groups is 3. The Labute approximate surface area is 322 Å². The Kier molecular flexibility index (Phi) is 12.1. The number of fused-ring (bicyclic) bond motifs is 3. The predicted octanol–water partition coefficient (Wildman–Crippen LogP) is 6.20. The molecule has 0 radical (unpaired) electrons. The van der Waals surface area contributed by atoms with Crippen molar-refractivity contribution in [3.05, 3.63) is 90.3 Å². The highest BCUT2D eigenvalue weighted by atomic mass is 32.2. The van der Waals surface area contributed by atoms with E-state index in [9.17, 15) is 37.8 Å². The van der Waals surface area contributed by atoms with E-state index >= 15 is 0 Å². The second kappa shape index (κ2) is 16.4. The third-order valence-corrected chi connectivity index (χ3v) is 15.7. The molecule has 4 heterocycles. The van der Waals surface area contributed by atoms with Crippen molar-refractivity contribution in [3.63, 3.8) is 0 Å². The average Bonchev–Trinajstić information content (AvgIpc) is 3.83. The molecule has 6 N–H and O–H groups in total. The highest BCUT2D eigenvalue weighted by Crippen LogP contribution is 2.71. The molecule has 20 nitrogen and oxygen atoms in total. The van der Waals surface area contributed by atoms with Crippen LogP contribution in [-0.4, -0.2) is 69.8 Å². The number of nitrogens with two attached hydrogens (primary N) is 1. The minimum Gasteiger partial charge on any atom is -0.382 e. The molecule has 25 heteroatoms. The van der Waals surface area contributed by atoms with Gasteiger partial charge < -0.3 is 39.5 Å². The van der Waals surface area contributed by atoms with Crippen LogP contribution in [-0.2, 0) is 56.1 Å². The van der Waals surface area contributed by atoms with Gasteiger partial charge in [0.2, 0.25) is 0 Å². The molecule has 3 aromatic carbocycles. The lowest BCUT2D eigenvalue weighted by Crippen LogP contribution is -2.31. The molecule has 0 aliphatic carbocycles. The Morgan fingerprint density at radius 3 is 2.25 bits per heavy atom. The van der Waals surface area contributed by atoms with Crippen LogP contribution < -0.4 is 5.73 Å². The Morgan fingerprint density at radius 1 is 0.821 bits per heavy atom. The number of hydrogen-bond donors (Lipinski definition) is 5. The highest BCUT2D eigenvalue weighted by molar-refractivity contribution is 7.99. The van der Waals surface area contributed by atoms with E-state index in [2.05, 4.69) is 27.9 Å². The second-order valence-corrected chi connectivity index (χ2v) is 20.2. The van der Waals surface area contributed by atoms with Gasteiger partial charge in [-0.3, -0.25) is 13.7 Å². The summed E-state index contributed by atoms with van der Waals surface area (Å²) in [5.74, 6) is 0.853. The van der Waals surface area contributed by atoms with Crippen LogP contribution in [0.15, 0.2) is 84.3 Å². The van der Waals surface area contributed by atoms with Gasteiger partial charge in [0.25, 0.3) is 0 Å². The smallest absolute Gasteiger partial charge is 0.382 e. The summed E-state index contributed by atoms with van der Waals surface area (Å²) in [5.41, 5.74) is 7.68. The SMILES string of the molecule is CCCSc1nc(N)c2ncn(C3OC(COP(=O)(O)OP(=O)(O)OP(=O)(O)OP(=O)(O)Cc4ccccc4)C4OC(c5ccc6ccccc6c5)OC43)c2n1. The number of aromatic nitrogens is 4. The summed E-state index contributed by atoms with van der Waals surface area (Å²) in [5, 5.41) is 2.29. The molecule has 56 heavy (non-hydrogen) atoms. The summed E-state index contributed by atoms with van der Waals surface area (Å²) in [6.45, 7) is 1.18. The first-order valence-corrected chi connectivity index (χ1v) is 23.9. The zero-order chi connectivity index (χ0) is 39.9. The van der Waals surface area contributed by atoms with Crippen LogP contribution >= 0.6 is 42.8 Å². The molecule has 0 amide bonds. The minimum absolute atomic E-state index is 0.129. The standard InChI is InChI=1S/C31H35N5O15P4S/c1-2-14-56-31-34-27(32)24-28(35-31)36(18-33-24)29-26-25(47-30(48-26)22-13-12-20-10-6-7-11-21(20)15-22)23(46-29)16-45-53(39,40)50-55(43,44)51-54(41,42)49-52(37,38)17-19-8-4-3-5-9-19/h3-13,15,18,23,25-26,29-30H,2,14,16-17H2,1H3,(H,37,38)(H,39,40)(H,41,42)(H,43,44)(H2,32,34,35). The molecule has 300 valence electrons. The van der Waals surface area contributed by atoms with Crippen molar-refractivity contribution in [2.45, 2.75) is 55.5 Å². The largest absolute Gasteiger partial charge is 0.490 e. The summed E-state index contributed by atoms with van der Waals surface area (Å²) in [7, 11) is -22.5. The van der Waals surface area contributed by atoms with Crippen LogP contribution in [0.25, 0.3) is 21.9 Å². The van der Waals surface area contributed by atoms with Gasteiger partial charge in [-0.05, 0) is 28.8 Å². The van der Waals surface area contributed by atoms with Gasteiger partial charge in [0, 0.05) is 11.3 Å². The third-order valence-electron chi connectivity index (χ3n) is 8.30. The number of nitrogen functional groups attached to an aromatic ring is 1. The maximum Gasteiger partial charge on any atom is 0.490 e. The van der Waals surface area contributed by atoms with Crippen LogP contribution in [0.2, 0.25) is 0 Å². The fourth-order valence-corrected chi connectivity index (χ4v) is 12.3. The van der Waals surface area contributed by atoms with Crippen molar-refractivity contribution >= 4 is 70.6 Å². The maximum absolute atomic E-state index is 13.0. The molecule has 2 fully saturated rings. The van der Waals surface area contributed by atoms with Gasteiger partial charge in [-0.15, -0.1) is 0 Å². The first kappa shape index (κ1) is 41.3. The van der Waals surface area contributed by atoms with Gasteiger partial charge in [0.15, 0.2) is 29.1 Å². The fraction of sp³-hybridized carbons (Fsp3) is 0.323. The van der Waals surface area contributed by atoms with Crippen molar-refractivity contribution in [1.29, 1.82) is 0 Å². The predicted molar refractivity (Wildman–Crippen MR) is 200 cm³/mol. The van der Waals surface area contributed by atoms with E-state index in [1.54, 1.807) is 10.6 Å². The van der Waals surface area contributed by atoms with E-state index in [0.29, 0.717) is 16.4 Å². The molecule has 9 unspecified atom stereocenters. The van der Waals surface area contributed by atoms with Gasteiger partial charge >= 0.3 is 31.1 Å². The van der Waals surface area contributed by atoms with Crippen LogP contribution in [0.3, 0.4) is 0 Å². The van der Waals surface area contributed by atoms with Crippen LogP contribution in [0.4, 0.5) is 5.82 Å². The van der Waals surface area contributed by atoms with Crippen molar-refractivity contribution < 1.29 is 69.5 Å². The number of ether oxygens (including phenoxy) is 3. The molecule has 5 aromatic rings. The van der Waals surface area contributed by atoms with Crippen LogP contribution in [0.5, 0.6) is 0 Å². The van der Waals surface area contributed by atoms with Crippen molar-refractivity contribution in [2.24, 2.45) is 0 Å². The Balaban J connectivity index is 1.09. The first-order chi connectivity index (χ1) is 26.5. The number of thioether (sulfide) groups is 1. The first-order valence-electron chi connectivity index (χ1n) is 16.7. The van der Waals surface area contributed by atoms with Crippen LogP contribution in [0, 0.1) is 0 Å². The van der Waals surface area contributed by atoms with Gasteiger partial charge in [0.05, 0.1) is 19.1 Å². The number of rotatable bonds is 16. The number of benzene rings is 3. The minimum atomic E-state index is -6.00. The Bertz CT molecular complexity index is 2430. The molecular formula is C31H35N5O15P4S. The topological polar surface area (TPSA) is 283 Å². The number of imidazole rings is 1. The molecule has 2 aliphatic heterocycles. The summed E-state index contributed by atoms with van der Waals surface area (Å²) in [6.07, 6.45) is -3.59. The number of hydrogen-bond acceptors (Lipinski definition) is 16. The monoisotopic (exact) mass is 873 g/mol. The second-order valence-electron chi connectivity index (χ2n) is 12.5. The number of phosphoric ester groups is 1. The van der Waals surface area contributed by atoms with Gasteiger partial charge in [0.1, 0.15) is 23.8 Å².